The molecule has 2 N–H and O–H groups in total. The van der Waals surface area contributed by atoms with E-state index in [4.69, 9.17) is 21.8 Å². The van der Waals surface area contributed by atoms with Gasteiger partial charge in [0.15, 0.2) is 0 Å². The van der Waals surface area contributed by atoms with Gasteiger partial charge in [-0.1, -0.05) is 18.2 Å². The van der Waals surface area contributed by atoms with Gasteiger partial charge in [0.25, 0.3) is 0 Å². The van der Waals surface area contributed by atoms with Gasteiger partial charge in [-0.25, -0.2) is 0 Å². The summed E-state index contributed by atoms with van der Waals surface area (Å²) in [6.45, 7) is 6.42. The van der Waals surface area contributed by atoms with E-state index in [9.17, 15) is 0 Å². The fourth-order valence-electron chi connectivity index (χ4n) is 0.411. The Morgan fingerprint density at radius 3 is 2.10 bits per heavy atom. The largest absolute Gasteiger partial charge is 0.507 e. The molecule has 0 aliphatic rings. The highest BCUT2D eigenvalue weighted by Crippen LogP contribution is 2.17. The minimum atomic E-state index is -0.642. The standard InChI is InChI=1S/C7H11ClO2/c1-4(5(2)9)7(8)6(3)10/h5,9-10H,3H2,1-2H3/b7-4+. The molecule has 0 rings (SSSR count). The van der Waals surface area contributed by atoms with E-state index in [1.54, 1.807) is 13.8 Å². The third kappa shape index (κ3) is 2.42. The van der Waals surface area contributed by atoms with Crippen molar-refractivity contribution in [3.8, 4) is 0 Å². The Kier molecular flexibility index (Phi) is 3.47. The highest BCUT2D eigenvalue weighted by molar-refractivity contribution is 6.32. The fourth-order valence-corrected chi connectivity index (χ4v) is 0.569. The Hall–Kier alpha value is -0.470. The molecule has 0 aliphatic carbocycles. The van der Waals surface area contributed by atoms with Crippen molar-refractivity contribution < 1.29 is 10.2 Å². The van der Waals surface area contributed by atoms with Crippen LogP contribution in [0.5, 0.6) is 0 Å². The zero-order chi connectivity index (χ0) is 8.31. The highest BCUT2D eigenvalue weighted by Gasteiger charge is 2.06. The van der Waals surface area contributed by atoms with Crippen molar-refractivity contribution in [2.24, 2.45) is 0 Å². The molecule has 3 heteroatoms. The van der Waals surface area contributed by atoms with Gasteiger partial charge in [0.05, 0.1) is 11.1 Å². The summed E-state index contributed by atoms with van der Waals surface area (Å²) in [6, 6.07) is 0. The zero-order valence-electron chi connectivity index (χ0n) is 6.06. The summed E-state index contributed by atoms with van der Waals surface area (Å²) >= 11 is 5.53. The topological polar surface area (TPSA) is 40.5 Å². The first-order chi connectivity index (χ1) is 4.46. The molecule has 0 amide bonds. The molecule has 1 atom stereocenters. The van der Waals surface area contributed by atoms with Crippen LogP contribution >= 0.6 is 11.6 Å². The van der Waals surface area contributed by atoms with E-state index in [2.05, 4.69) is 6.58 Å². The maximum Gasteiger partial charge on any atom is 0.127 e. The molecule has 0 heterocycles. The summed E-state index contributed by atoms with van der Waals surface area (Å²) in [4.78, 5) is 0. The molecule has 0 fully saturated rings. The number of aliphatic hydroxyl groups excluding tert-OH is 2. The molecule has 0 aromatic heterocycles. The normalized spacial score (nSPS) is 16.0. The van der Waals surface area contributed by atoms with Crippen LogP contribution < -0.4 is 0 Å². The van der Waals surface area contributed by atoms with Gasteiger partial charge in [-0.2, -0.15) is 0 Å². The lowest BCUT2D eigenvalue weighted by atomic mass is 10.2. The van der Waals surface area contributed by atoms with Crippen molar-refractivity contribution in [2.75, 3.05) is 0 Å². The van der Waals surface area contributed by atoms with Crippen LogP contribution in [0, 0.1) is 0 Å². The number of halogens is 1. The monoisotopic (exact) mass is 162 g/mol. The van der Waals surface area contributed by atoms with Crippen LogP contribution in [0.15, 0.2) is 22.9 Å². The first kappa shape index (κ1) is 9.53. The van der Waals surface area contributed by atoms with Crippen molar-refractivity contribution in [1.29, 1.82) is 0 Å². The lowest BCUT2D eigenvalue weighted by Gasteiger charge is -2.06. The Balaban J connectivity index is 4.50. The van der Waals surface area contributed by atoms with E-state index in [1.165, 1.54) is 0 Å². The highest BCUT2D eigenvalue weighted by atomic mass is 35.5. The van der Waals surface area contributed by atoms with Crippen LogP contribution in [0.3, 0.4) is 0 Å². The lowest BCUT2D eigenvalue weighted by Crippen LogP contribution is -2.03. The second-order valence-electron chi connectivity index (χ2n) is 2.12. The number of hydrogen-bond acceptors (Lipinski definition) is 2. The Morgan fingerprint density at radius 2 is 2.00 bits per heavy atom. The van der Waals surface area contributed by atoms with Crippen LogP contribution in [0.1, 0.15) is 13.8 Å². The minimum absolute atomic E-state index is 0.134. The molecule has 0 bridgehead atoms. The van der Waals surface area contributed by atoms with Gasteiger partial charge >= 0.3 is 0 Å². The zero-order valence-corrected chi connectivity index (χ0v) is 6.81. The number of rotatable bonds is 2. The summed E-state index contributed by atoms with van der Waals surface area (Å²) in [7, 11) is 0. The summed E-state index contributed by atoms with van der Waals surface area (Å²) in [6.07, 6.45) is -0.642. The summed E-state index contributed by atoms with van der Waals surface area (Å²) in [5.74, 6) is -0.208. The molecular weight excluding hydrogens is 152 g/mol. The molecule has 0 saturated carbocycles. The number of allylic oxidation sites excluding steroid dienone is 1. The van der Waals surface area contributed by atoms with Crippen molar-refractivity contribution in [3.63, 3.8) is 0 Å². The Morgan fingerprint density at radius 1 is 1.60 bits per heavy atom. The molecule has 0 radical (unpaired) electrons. The van der Waals surface area contributed by atoms with Gasteiger partial charge in [0, 0.05) is 0 Å². The van der Waals surface area contributed by atoms with E-state index >= 15 is 0 Å². The first-order valence-electron chi connectivity index (χ1n) is 2.89. The SMILES string of the molecule is C=C(O)/C(Cl)=C(/C)C(C)O. The second-order valence-corrected chi connectivity index (χ2v) is 2.50. The van der Waals surface area contributed by atoms with E-state index in [1.807, 2.05) is 0 Å². The van der Waals surface area contributed by atoms with Crippen LogP contribution in [0.25, 0.3) is 0 Å². The average Bonchev–Trinajstić information content (AvgIpc) is 1.84. The average molecular weight is 163 g/mol. The van der Waals surface area contributed by atoms with E-state index in [0.29, 0.717) is 5.57 Å². The summed E-state index contributed by atoms with van der Waals surface area (Å²) in [5.41, 5.74) is 0.522. The van der Waals surface area contributed by atoms with E-state index in [0.717, 1.165) is 0 Å². The number of hydrogen-bond donors (Lipinski definition) is 2. The Labute approximate surface area is 65.4 Å². The molecule has 0 aromatic carbocycles. The maximum absolute atomic E-state index is 8.95. The van der Waals surface area contributed by atoms with Gasteiger partial charge in [-0.15, -0.1) is 0 Å². The maximum atomic E-state index is 8.95. The molecular formula is C7H11ClO2. The molecule has 10 heavy (non-hydrogen) atoms. The van der Waals surface area contributed by atoms with Crippen LogP contribution in [0.4, 0.5) is 0 Å². The molecule has 58 valence electrons. The molecule has 0 aromatic rings. The predicted octanol–water partition coefficient (Wildman–Crippen LogP) is 1.95. The van der Waals surface area contributed by atoms with Gasteiger partial charge in [0.2, 0.25) is 0 Å². The van der Waals surface area contributed by atoms with Gasteiger partial charge in [-0.05, 0) is 19.4 Å². The third-order valence-electron chi connectivity index (χ3n) is 1.23. The van der Waals surface area contributed by atoms with Crippen molar-refractivity contribution in [2.45, 2.75) is 20.0 Å². The van der Waals surface area contributed by atoms with Crippen molar-refractivity contribution >= 4 is 11.6 Å². The molecule has 0 aliphatic heterocycles. The number of aliphatic hydroxyl groups is 2. The van der Waals surface area contributed by atoms with Crippen LogP contribution in [-0.2, 0) is 0 Å². The van der Waals surface area contributed by atoms with Crippen LogP contribution in [-0.4, -0.2) is 16.3 Å². The van der Waals surface area contributed by atoms with Crippen molar-refractivity contribution in [3.05, 3.63) is 22.9 Å². The molecule has 2 nitrogen and oxygen atoms in total. The van der Waals surface area contributed by atoms with Crippen molar-refractivity contribution in [1.82, 2.24) is 0 Å². The molecule has 0 saturated heterocycles. The van der Waals surface area contributed by atoms with Gasteiger partial charge in [-0.3, -0.25) is 0 Å². The van der Waals surface area contributed by atoms with Crippen LogP contribution in [0.2, 0.25) is 0 Å². The fraction of sp³-hybridized carbons (Fsp3) is 0.429. The predicted molar refractivity (Wildman–Crippen MR) is 42.0 cm³/mol. The quantitative estimate of drug-likeness (QED) is 0.481. The van der Waals surface area contributed by atoms with Gasteiger partial charge < -0.3 is 10.2 Å². The van der Waals surface area contributed by atoms with E-state index < -0.39 is 6.10 Å². The smallest absolute Gasteiger partial charge is 0.127 e. The first-order valence-corrected chi connectivity index (χ1v) is 3.27. The lowest BCUT2D eigenvalue weighted by molar-refractivity contribution is 0.230. The molecule has 1 unspecified atom stereocenters. The van der Waals surface area contributed by atoms with E-state index in [-0.39, 0.29) is 10.8 Å². The minimum Gasteiger partial charge on any atom is -0.507 e. The molecule has 0 spiro atoms. The second kappa shape index (κ2) is 3.64. The summed E-state index contributed by atoms with van der Waals surface area (Å²) < 4.78 is 0. The van der Waals surface area contributed by atoms with Gasteiger partial charge in [0.1, 0.15) is 5.76 Å². The third-order valence-corrected chi connectivity index (χ3v) is 1.74. The Bertz CT molecular complexity index is 170. The summed E-state index contributed by atoms with van der Waals surface area (Å²) in [5, 5.41) is 17.8.